The molecule has 0 bridgehead atoms. The first-order valence-corrected chi connectivity index (χ1v) is 7.50. The fourth-order valence-corrected chi connectivity index (χ4v) is 2.43. The molecular formula is C16H17FN4O3. The van der Waals surface area contributed by atoms with Gasteiger partial charge < -0.3 is 20.5 Å². The van der Waals surface area contributed by atoms with E-state index < -0.39 is 5.91 Å². The van der Waals surface area contributed by atoms with E-state index in [-0.39, 0.29) is 23.7 Å². The van der Waals surface area contributed by atoms with Crippen molar-refractivity contribution >= 4 is 11.7 Å². The molecule has 0 aliphatic carbocycles. The number of ether oxygens (including phenoxy) is 2. The molecule has 0 saturated carbocycles. The van der Waals surface area contributed by atoms with Crippen LogP contribution in [0.4, 0.5) is 10.2 Å². The van der Waals surface area contributed by atoms with Crippen molar-refractivity contribution in [2.75, 3.05) is 18.5 Å². The zero-order valence-corrected chi connectivity index (χ0v) is 12.8. The Hall–Kier alpha value is -2.74. The first-order chi connectivity index (χ1) is 11.6. The summed E-state index contributed by atoms with van der Waals surface area (Å²) in [5.41, 5.74) is 5.28. The minimum Gasteiger partial charge on any atom is -0.488 e. The van der Waals surface area contributed by atoms with Gasteiger partial charge in [0.1, 0.15) is 29.2 Å². The predicted molar refractivity (Wildman–Crippen MR) is 84.2 cm³/mol. The summed E-state index contributed by atoms with van der Waals surface area (Å²) in [4.78, 5) is 19.2. The average molecular weight is 332 g/mol. The number of benzene rings is 1. The molecule has 1 fully saturated rings. The zero-order valence-electron chi connectivity index (χ0n) is 12.8. The summed E-state index contributed by atoms with van der Waals surface area (Å²) in [5.74, 6) is 0.0225. The van der Waals surface area contributed by atoms with Gasteiger partial charge >= 0.3 is 0 Å². The van der Waals surface area contributed by atoms with E-state index in [0.717, 1.165) is 0 Å². The monoisotopic (exact) mass is 332 g/mol. The molecule has 1 aromatic heterocycles. The minimum absolute atomic E-state index is 0.0766. The van der Waals surface area contributed by atoms with Gasteiger partial charge in [0, 0.05) is 6.42 Å². The highest BCUT2D eigenvalue weighted by molar-refractivity contribution is 5.90. The van der Waals surface area contributed by atoms with Crippen molar-refractivity contribution in [2.24, 2.45) is 5.73 Å². The maximum Gasteiger partial charge on any atom is 0.268 e. The van der Waals surface area contributed by atoms with Crippen LogP contribution in [-0.2, 0) is 4.74 Å². The number of nitrogens with two attached hydrogens (primary N) is 1. The summed E-state index contributed by atoms with van der Waals surface area (Å²) in [7, 11) is 0. The molecule has 24 heavy (non-hydrogen) atoms. The summed E-state index contributed by atoms with van der Waals surface area (Å²) >= 11 is 0. The van der Waals surface area contributed by atoms with Crippen LogP contribution in [0.1, 0.15) is 16.9 Å². The van der Waals surface area contributed by atoms with Gasteiger partial charge in [0.15, 0.2) is 0 Å². The van der Waals surface area contributed by atoms with E-state index in [2.05, 4.69) is 15.3 Å². The second-order valence-electron chi connectivity index (χ2n) is 5.38. The predicted octanol–water partition coefficient (Wildman–Crippen LogP) is 1.36. The van der Waals surface area contributed by atoms with Crippen LogP contribution >= 0.6 is 0 Å². The van der Waals surface area contributed by atoms with Gasteiger partial charge in [0.25, 0.3) is 5.91 Å². The molecule has 3 N–H and O–H groups in total. The zero-order chi connectivity index (χ0) is 16.9. The number of nitrogens with zero attached hydrogens (tertiary/aromatic N) is 2. The Bertz CT molecular complexity index is 711. The Kier molecular flexibility index (Phi) is 4.85. The number of halogens is 1. The molecule has 3 rings (SSSR count). The standard InChI is InChI=1S/C16H17FN4O3/c17-10-1-3-11(4-2-10)24-14-5-6-23-9-13(14)21-15-8-19-7-12(20-15)16(18)22/h1-4,7-8,13-14H,5-6,9H2,(H2,18,22)(H,20,21)/t13-,14+/m1/s1. The van der Waals surface area contributed by atoms with Gasteiger partial charge in [0.2, 0.25) is 0 Å². The number of hydrogen-bond donors (Lipinski definition) is 2. The number of carbonyl (C=O) groups is 1. The Morgan fingerprint density at radius 1 is 1.33 bits per heavy atom. The maximum atomic E-state index is 13.0. The lowest BCUT2D eigenvalue weighted by molar-refractivity contribution is 0.0146. The maximum absolute atomic E-state index is 13.0. The summed E-state index contributed by atoms with van der Waals surface area (Å²) in [6.07, 6.45) is 3.27. The number of anilines is 1. The van der Waals surface area contributed by atoms with Gasteiger partial charge in [-0.2, -0.15) is 0 Å². The molecule has 0 spiro atoms. The normalized spacial score (nSPS) is 20.4. The summed E-state index contributed by atoms with van der Waals surface area (Å²) in [6, 6.07) is 5.66. The number of carbonyl (C=O) groups excluding carboxylic acids is 1. The van der Waals surface area contributed by atoms with E-state index in [1.807, 2.05) is 0 Å². The van der Waals surface area contributed by atoms with Crippen LogP contribution in [-0.4, -0.2) is 41.2 Å². The van der Waals surface area contributed by atoms with Gasteiger partial charge in [-0.05, 0) is 24.3 Å². The molecule has 2 aromatic rings. The van der Waals surface area contributed by atoms with Gasteiger partial charge in [-0.25, -0.2) is 9.37 Å². The third kappa shape index (κ3) is 3.96. The molecule has 1 saturated heterocycles. The van der Waals surface area contributed by atoms with E-state index >= 15 is 0 Å². The van der Waals surface area contributed by atoms with Crippen LogP contribution in [0, 0.1) is 5.82 Å². The Balaban J connectivity index is 1.71. The number of aromatic nitrogens is 2. The molecule has 1 aliphatic heterocycles. The molecule has 8 heteroatoms. The van der Waals surface area contributed by atoms with Crippen LogP contribution in [0.25, 0.3) is 0 Å². The van der Waals surface area contributed by atoms with E-state index in [1.165, 1.54) is 24.5 Å². The molecule has 1 aromatic carbocycles. The Morgan fingerprint density at radius 2 is 2.12 bits per heavy atom. The fraction of sp³-hybridized carbons (Fsp3) is 0.312. The highest BCUT2D eigenvalue weighted by Gasteiger charge is 2.28. The summed E-state index contributed by atoms with van der Waals surface area (Å²) < 4.78 is 24.4. The van der Waals surface area contributed by atoms with Crippen LogP contribution in [0.2, 0.25) is 0 Å². The van der Waals surface area contributed by atoms with Gasteiger partial charge in [-0.3, -0.25) is 9.78 Å². The number of rotatable bonds is 5. The van der Waals surface area contributed by atoms with Crippen molar-refractivity contribution in [2.45, 2.75) is 18.6 Å². The quantitative estimate of drug-likeness (QED) is 0.858. The van der Waals surface area contributed by atoms with Crippen molar-refractivity contribution in [1.29, 1.82) is 0 Å². The SMILES string of the molecule is NC(=O)c1cncc(N[C@@H]2COCC[C@@H]2Oc2ccc(F)cc2)n1. The molecule has 7 nitrogen and oxygen atoms in total. The van der Waals surface area contributed by atoms with E-state index in [0.29, 0.717) is 31.2 Å². The molecule has 2 atom stereocenters. The van der Waals surface area contributed by atoms with Crippen LogP contribution in [0.3, 0.4) is 0 Å². The van der Waals surface area contributed by atoms with E-state index in [4.69, 9.17) is 15.2 Å². The number of hydrogen-bond acceptors (Lipinski definition) is 6. The topological polar surface area (TPSA) is 99.4 Å². The highest BCUT2D eigenvalue weighted by Crippen LogP contribution is 2.20. The second-order valence-corrected chi connectivity index (χ2v) is 5.38. The largest absolute Gasteiger partial charge is 0.488 e. The Morgan fingerprint density at radius 3 is 2.88 bits per heavy atom. The molecule has 1 aliphatic rings. The van der Waals surface area contributed by atoms with E-state index in [1.54, 1.807) is 12.1 Å². The smallest absolute Gasteiger partial charge is 0.268 e. The summed E-state index contributed by atoms with van der Waals surface area (Å²) in [5, 5.41) is 3.15. The van der Waals surface area contributed by atoms with Crippen molar-refractivity contribution in [1.82, 2.24) is 9.97 Å². The van der Waals surface area contributed by atoms with Crippen molar-refractivity contribution in [3.8, 4) is 5.75 Å². The number of primary amides is 1. The minimum atomic E-state index is -0.648. The number of amides is 1. The Labute approximate surface area is 138 Å². The molecular weight excluding hydrogens is 315 g/mol. The summed E-state index contributed by atoms with van der Waals surface area (Å²) in [6.45, 7) is 0.978. The first-order valence-electron chi connectivity index (χ1n) is 7.50. The van der Waals surface area contributed by atoms with Crippen molar-refractivity contribution in [3.05, 3.63) is 48.2 Å². The van der Waals surface area contributed by atoms with Gasteiger partial charge in [0.05, 0.1) is 31.6 Å². The lowest BCUT2D eigenvalue weighted by Gasteiger charge is -2.32. The third-order valence-corrected chi connectivity index (χ3v) is 3.61. The van der Waals surface area contributed by atoms with Gasteiger partial charge in [-0.15, -0.1) is 0 Å². The van der Waals surface area contributed by atoms with Crippen LogP contribution in [0.15, 0.2) is 36.7 Å². The number of nitrogens with one attached hydrogen (secondary N) is 1. The molecule has 2 heterocycles. The third-order valence-electron chi connectivity index (χ3n) is 3.61. The molecule has 0 unspecified atom stereocenters. The fourth-order valence-electron chi connectivity index (χ4n) is 2.43. The van der Waals surface area contributed by atoms with Gasteiger partial charge in [-0.1, -0.05) is 0 Å². The lowest BCUT2D eigenvalue weighted by atomic mass is 10.1. The van der Waals surface area contributed by atoms with Crippen LogP contribution < -0.4 is 15.8 Å². The van der Waals surface area contributed by atoms with Crippen molar-refractivity contribution in [3.63, 3.8) is 0 Å². The van der Waals surface area contributed by atoms with Crippen molar-refractivity contribution < 1.29 is 18.7 Å². The molecule has 126 valence electrons. The molecule has 1 amide bonds. The lowest BCUT2D eigenvalue weighted by Crippen LogP contribution is -2.45. The molecule has 0 radical (unpaired) electrons. The average Bonchev–Trinajstić information content (AvgIpc) is 2.59. The first kappa shape index (κ1) is 16.1. The highest BCUT2D eigenvalue weighted by atomic mass is 19.1. The second kappa shape index (κ2) is 7.22. The van der Waals surface area contributed by atoms with Crippen LogP contribution in [0.5, 0.6) is 5.75 Å². The van der Waals surface area contributed by atoms with E-state index in [9.17, 15) is 9.18 Å².